The average molecular weight is 326 g/mol. The average Bonchev–Trinajstić information content (AvgIpc) is 2.50. The minimum absolute atomic E-state index is 0.146. The van der Waals surface area contributed by atoms with Crippen LogP contribution in [0.3, 0.4) is 0 Å². The van der Waals surface area contributed by atoms with Crippen LogP contribution in [-0.2, 0) is 12.6 Å². The number of alkyl halides is 3. The minimum Gasteiger partial charge on any atom is -0.476 e. The molecule has 23 heavy (non-hydrogen) atoms. The first-order chi connectivity index (χ1) is 10.9. The molecule has 1 N–H and O–H groups in total. The number of hydrogen-bond donors (Lipinski definition) is 1. The van der Waals surface area contributed by atoms with E-state index in [0.717, 1.165) is 24.4 Å². The minimum atomic E-state index is -4.39. The maximum absolute atomic E-state index is 12.4. The highest BCUT2D eigenvalue weighted by atomic mass is 19.4. The van der Waals surface area contributed by atoms with E-state index in [1.807, 2.05) is 19.9 Å². The van der Waals surface area contributed by atoms with Crippen LogP contribution in [0.2, 0.25) is 0 Å². The maximum atomic E-state index is 12.4. The van der Waals surface area contributed by atoms with Gasteiger partial charge in [-0.15, -0.1) is 0 Å². The Kier molecular flexibility index (Phi) is 5.36. The summed E-state index contributed by atoms with van der Waals surface area (Å²) in [4.78, 5) is 12.2. The molecule has 0 aliphatic rings. The first-order valence-corrected chi connectivity index (χ1v) is 7.13. The van der Waals surface area contributed by atoms with Crippen molar-refractivity contribution in [1.82, 2.24) is 15.0 Å². The normalized spacial score (nSPS) is 11.3. The van der Waals surface area contributed by atoms with E-state index in [1.54, 1.807) is 0 Å². The molecule has 0 saturated carbocycles. The van der Waals surface area contributed by atoms with Crippen LogP contribution in [0, 0.1) is 6.92 Å². The number of nitrogens with zero attached hydrogens (tertiary/aromatic N) is 3. The highest BCUT2D eigenvalue weighted by Crippen LogP contribution is 2.29. The zero-order valence-corrected chi connectivity index (χ0v) is 12.8. The van der Waals surface area contributed by atoms with Crippen molar-refractivity contribution >= 4 is 5.82 Å². The molecule has 2 heterocycles. The molecule has 2 aromatic heterocycles. The van der Waals surface area contributed by atoms with E-state index < -0.39 is 11.7 Å². The Morgan fingerprint density at radius 2 is 2.00 bits per heavy atom. The van der Waals surface area contributed by atoms with E-state index in [1.165, 1.54) is 6.07 Å². The third kappa shape index (κ3) is 5.08. The Hall–Kier alpha value is -2.38. The molecule has 0 atom stereocenters. The van der Waals surface area contributed by atoms with Crippen LogP contribution >= 0.6 is 0 Å². The van der Waals surface area contributed by atoms with Gasteiger partial charge in [0.2, 0.25) is 5.88 Å². The summed E-state index contributed by atoms with van der Waals surface area (Å²) in [6, 6.07) is 3.99. The number of rotatable bonds is 6. The van der Waals surface area contributed by atoms with Crippen molar-refractivity contribution in [2.24, 2.45) is 0 Å². The molecule has 0 bridgehead atoms. The lowest BCUT2D eigenvalue weighted by atomic mass is 10.3. The molecule has 0 unspecified atom stereocenters. The number of aromatic nitrogens is 3. The number of hydrogen-bond acceptors (Lipinski definition) is 5. The van der Waals surface area contributed by atoms with Crippen LogP contribution in [0.15, 0.2) is 24.4 Å². The molecule has 8 heteroatoms. The third-order valence-electron chi connectivity index (χ3n) is 2.98. The fraction of sp³-hybridized carbons (Fsp3) is 0.400. The molecule has 0 fully saturated rings. The summed E-state index contributed by atoms with van der Waals surface area (Å²) >= 11 is 0. The van der Waals surface area contributed by atoms with Crippen molar-refractivity contribution in [3.63, 3.8) is 0 Å². The van der Waals surface area contributed by atoms with Gasteiger partial charge in [0.05, 0.1) is 12.1 Å². The summed E-state index contributed by atoms with van der Waals surface area (Å²) in [7, 11) is 0. The molecule has 0 saturated heterocycles. The standard InChI is InChI=1S/C15H17F3N4O/c1-3-12-8-13(22-10(2)21-12)19-6-7-23-14-5-4-11(9-20-14)15(16,17)18/h4-5,8-9H,3,6-7H2,1-2H3,(H,19,21,22). The summed E-state index contributed by atoms with van der Waals surface area (Å²) < 4.78 is 42.5. The number of anilines is 1. The molecule has 124 valence electrons. The molecule has 2 aromatic rings. The molecule has 0 aromatic carbocycles. The summed E-state index contributed by atoms with van der Waals surface area (Å²) in [5.74, 6) is 1.52. The highest BCUT2D eigenvalue weighted by Gasteiger charge is 2.30. The van der Waals surface area contributed by atoms with E-state index >= 15 is 0 Å². The molecule has 5 nitrogen and oxygen atoms in total. The lowest BCUT2D eigenvalue weighted by Gasteiger charge is -2.10. The molecule has 0 aliphatic heterocycles. The summed E-state index contributed by atoms with van der Waals surface area (Å²) in [6.45, 7) is 4.52. The largest absolute Gasteiger partial charge is 0.476 e. The van der Waals surface area contributed by atoms with E-state index in [2.05, 4.69) is 20.3 Å². The number of halogens is 3. The van der Waals surface area contributed by atoms with Crippen LogP contribution in [0.5, 0.6) is 5.88 Å². The highest BCUT2D eigenvalue weighted by molar-refractivity contribution is 5.36. The predicted molar refractivity (Wildman–Crippen MR) is 79.4 cm³/mol. The lowest BCUT2D eigenvalue weighted by Crippen LogP contribution is -2.14. The van der Waals surface area contributed by atoms with Crippen LogP contribution < -0.4 is 10.1 Å². The van der Waals surface area contributed by atoms with Gasteiger partial charge in [-0.2, -0.15) is 13.2 Å². The molecule has 2 rings (SSSR count). The van der Waals surface area contributed by atoms with Crippen LogP contribution in [0.4, 0.5) is 19.0 Å². The van der Waals surface area contributed by atoms with Crippen molar-refractivity contribution in [2.45, 2.75) is 26.4 Å². The Balaban J connectivity index is 1.82. The van der Waals surface area contributed by atoms with Crippen molar-refractivity contribution in [1.29, 1.82) is 0 Å². The second-order valence-corrected chi connectivity index (χ2v) is 4.80. The third-order valence-corrected chi connectivity index (χ3v) is 2.98. The van der Waals surface area contributed by atoms with Gasteiger partial charge in [-0.3, -0.25) is 0 Å². The second kappa shape index (κ2) is 7.26. The Morgan fingerprint density at radius 1 is 1.22 bits per heavy atom. The van der Waals surface area contributed by atoms with Gasteiger partial charge in [-0.25, -0.2) is 15.0 Å². The van der Waals surface area contributed by atoms with E-state index in [0.29, 0.717) is 18.2 Å². The zero-order valence-electron chi connectivity index (χ0n) is 12.8. The fourth-order valence-electron chi connectivity index (χ4n) is 1.87. The van der Waals surface area contributed by atoms with Crippen LogP contribution in [0.25, 0.3) is 0 Å². The van der Waals surface area contributed by atoms with Crippen LogP contribution in [0.1, 0.15) is 24.0 Å². The van der Waals surface area contributed by atoms with Gasteiger partial charge in [-0.1, -0.05) is 6.92 Å². The van der Waals surface area contributed by atoms with Crippen molar-refractivity contribution in [3.05, 3.63) is 41.5 Å². The molecule has 0 spiro atoms. The Morgan fingerprint density at radius 3 is 2.61 bits per heavy atom. The molecular formula is C15H17F3N4O. The summed E-state index contributed by atoms with van der Waals surface area (Å²) in [5.41, 5.74) is 0.136. The molecular weight excluding hydrogens is 309 g/mol. The Labute approximate surface area is 131 Å². The second-order valence-electron chi connectivity index (χ2n) is 4.80. The van der Waals surface area contributed by atoms with Gasteiger partial charge in [0.25, 0.3) is 0 Å². The SMILES string of the molecule is CCc1cc(NCCOc2ccc(C(F)(F)F)cn2)nc(C)n1. The number of aryl methyl sites for hydroxylation is 2. The summed E-state index contributed by atoms with van der Waals surface area (Å²) in [5, 5.41) is 3.08. The van der Waals surface area contributed by atoms with Gasteiger partial charge < -0.3 is 10.1 Å². The van der Waals surface area contributed by atoms with Gasteiger partial charge in [-0.05, 0) is 19.4 Å². The van der Waals surface area contributed by atoms with E-state index in [4.69, 9.17) is 4.74 Å². The lowest BCUT2D eigenvalue weighted by molar-refractivity contribution is -0.137. The smallest absolute Gasteiger partial charge is 0.417 e. The number of pyridine rings is 1. The van der Waals surface area contributed by atoms with E-state index in [-0.39, 0.29) is 12.5 Å². The molecule has 0 aliphatic carbocycles. The molecule has 0 radical (unpaired) electrons. The predicted octanol–water partition coefficient (Wildman–Crippen LogP) is 3.25. The number of nitrogens with one attached hydrogen (secondary N) is 1. The van der Waals surface area contributed by atoms with Gasteiger partial charge in [0.15, 0.2) is 0 Å². The van der Waals surface area contributed by atoms with Crippen molar-refractivity contribution in [3.8, 4) is 5.88 Å². The maximum Gasteiger partial charge on any atom is 0.417 e. The van der Waals surface area contributed by atoms with Crippen LogP contribution in [-0.4, -0.2) is 28.1 Å². The number of ether oxygens (including phenoxy) is 1. The zero-order chi connectivity index (χ0) is 16.9. The van der Waals surface area contributed by atoms with Gasteiger partial charge >= 0.3 is 6.18 Å². The first-order valence-electron chi connectivity index (χ1n) is 7.13. The quantitative estimate of drug-likeness (QED) is 0.826. The summed E-state index contributed by atoms with van der Waals surface area (Å²) in [6.07, 6.45) is -2.83. The van der Waals surface area contributed by atoms with Crippen molar-refractivity contribution < 1.29 is 17.9 Å². The monoisotopic (exact) mass is 326 g/mol. The van der Waals surface area contributed by atoms with Crippen molar-refractivity contribution in [2.75, 3.05) is 18.5 Å². The first kappa shape index (κ1) is 17.0. The molecule has 0 amide bonds. The fourth-order valence-corrected chi connectivity index (χ4v) is 1.87. The van der Waals surface area contributed by atoms with Gasteiger partial charge in [0, 0.05) is 24.0 Å². The topological polar surface area (TPSA) is 59.9 Å². The van der Waals surface area contributed by atoms with Gasteiger partial charge in [0.1, 0.15) is 18.2 Å². The Bertz CT molecular complexity index is 644. The van der Waals surface area contributed by atoms with E-state index in [9.17, 15) is 13.2 Å².